The van der Waals surface area contributed by atoms with Crippen molar-refractivity contribution < 1.29 is 31.4 Å². The smallest absolute Gasteiger partial charge is 0.448 e. The van der Waals surface area contributed by atoms with Gasteiger partial charge >= 0.3 is 6.36 Å². The van der Waals surface area contributed by atoms with Gasteiger partial charge in [0.2, 0.25) is 5.82 Å². The van der Waals surface area contributed by atoms with E-state index in [4.69, 9.17) is 10.5 Å². The summed E-state index contributed by atoms with van der Waals surface area (Å²) < 4.78 is 72.1. The van der Waals surface area contributed by atoms with Crippen LogP contribution in [-0.4, -0.2) is 6.36 Å². The summed E-state index contributed by atoms with van der Waals surface area (Å²) in [6.07, 6.45) is -4.95. The van der Waals surface area contributed by atoms with Crippen molar-refractivity contribution in [2.24, 2.45) is 0 Å². The summed E-state index contributed by atoms with van der Waals surface area (Å²) in [6.45, 7) is 0. The zero-order chi connectivity index (χ0) is 15.6. The summed E-state index contributed by atoms with van der Waals surface area (Å²) in [5.41, 5.74) is 5.15. The lowest BCUT2D eigenvalue weighted by atomic mass is 10.2. The highest BCUT2D eigenvalue weighted by Gasteiger charge is 2.32. The Bertz CT molecular complexity index is 657. The van der Waals surface area contributed by atoms with Gasteiger partial charge in [0.15, 0.2) is 23.1 Å². The van der Waals surface area contributed by atoms with Crippen molar-refractivity contribution >= 4 is 5.69 Å². The standard InChI is InChI=1S/C13H8F5NO2/c14-7-5-6-8(19)12(11(7)15)20-9-3-1-2-4-10(9)21-13(16,17)18/h1-6H,19H2. The first-order chi connectivity index (χ1) is 9.78. The molecular weight excluding hydrogens is 297 g/mol. The molecule has 0 amide bonds. The Hall–Kier alpha value is -2.51. The van der Waals surface area contributed by atoms with Crippen LogP contribution in [-0.2, 0) is 0 Å². The molecule has 0 atom stereocenters. The Morgan fingerprint density at radius 2 is 1.52 bits per heavy atom. The van der Waals surface area contributed by atoms with Crippen LogP contribution >= 0.6 is 0 Å². The Morgan fingerprint density at radius 1 is 0.905 bits per heavy atom. The van der Waals surface area contributed by atoms with Gasteiger partial charge in [-0.15, -0.1) is 13.2 Å². The molecule has 0 unspecified atom stereocenters. The van der Waals surface area contributed by atoms with Crippen LogP contribution in [0.25, 0.3) is 0 Å². The maximum atomic E-state index is 13.6. The van der Waals surface area contributed by atoms with E-state index in [1.807, 2.05) is 0 Å². The summed E-state index contributed by atoms with van der Waals surface area (Å²) in [7, 11) is 0. The minimum Gasteiger partial charge on any atom is -0.448 e. The van der Waals surface area contributed by atoms with E-state index in [1.54, 1.807) is 0 Å². The summed E-state index contributed by atoms with van der Waals surface area (Å²) in [6, 6.07) is 6.48. The first-order valence-corrected chi connectivity index (χ1v) is 5.54. The molecule has 0 bridgehead atoms. The second-order valence-corrected chi connectivity index (χ2v) is 3.88. The minimum absolute atomic E-state index is 0.268. The first-order valence-electron chi connectivity index (χ1n) is 5.54. The van der Waals surface area contributed by atoms with Gasteiger partial charge in [0.25, 0.3) is 0 Å². The molecule has 2 aromatic carbocycles. The predicted molar refractivity (Wildman–Crippen MR) is 64.0 cm³/mol. The number of nitrogen functional groups attached to an aromatic ring is 1. The Kier molecular flexibility index (Phi) is 3.88. The van der Waals surface area contributed by atoms with Gasteiger partial charge in [0.05, 0.1) is 5.69 Å². The fourth-order valence-corrected chi connectivity index (χ4v) is 1.50. The normalized spacial score (nSPS) is 11.3. The van der Waals surface area contributed by atoms with Crippen LogP contribution in [0.4, 0.5) is 27.6 Å². The van der Waals surface area contributed by atoms with E-state index in [9.17, 15) is 22.0 Å². The third kappa shape index (κ3) is 3.53. The molecule has 0 aromatic heterocycles. The van der Waals surface area contributed by atoms with E-state index < -0.39 is 35.2 Å². The number of halogens is 5. The van der Waals surface area contributed by atoms with Crippen LogP contribution < -0.4 is 15.2 Å². The zero-order valence-corrected chi connectivity index (χ0v) is 10.2. The Labute approximate surface area is 115 Å². The van der Waals surface area contributed by atoms with Crippen molar-refractivity contribution in [3.63, 3.8) is 0 Å². The number of hydrogen-bond acceptors (Lipinski definition) is 3. The SMILES string of the molecule is Nc1ccc(F)c(F)c1Oc1ccccc1OC(F)(F)F. The Morgan fingerprint density at radius 3 is 2.14 bits per heavy atom. The lowest BCUT2D eigenvalue weighted by Crippen LogP contribution is -2.17. The number of para-hydroxylation sites is 2. The number of rotatable bonds is 3. The zero-order valence-electron chi connectivity index (χ0n) is 10.2. The molecule has 0 saturated heterocycles. The number of hydrogen-bond donors (Lipinski definition) is 1. The molecular formula is C13H8F5NO2. The maximum Gasteiger partial charge on any atom is 0.573 e. The summed E-state index contributed by atoms with van der Waals surface area (Å²) >= 11 is 0. The van der Waals surface area contributed by atoms with Gasteiger partial charge in [-0.2, -0.15) is 4.39 Å². The van der Waals surface area contributed by atoms with Gasteiger partial charge in [-0.05, 0) is 24.3 Å². The van der Waals surface area contributed by atoms with Crippen LogP contribution in [0.1, 0.15) is 0 Å². The Balaban J connectivity index is 2.39. The third-order valence-electron chi connectivity index (χ3n) is 2.37. The number of alkyl halides is 3. The van der Waals surface area contributed by atoms with Crippen LogP contribution in [0.15, 0.2) is 36.4 Å². The second-order valence-electron chi connectivity index (χ2n) is 3.88. The van der Waals surface area contributed by atoms with Gasteiger partial charge < -0.3 is 15.2 Å². The lowest BCUT2D eigenvalue weighted by molar-refractivity contribution is -0.275. The van der Waals surface area contributed by atoms with Gasteiger partial charge in [-0.1, -0.05) is 12.1 Å². The quantitative estimate of drug-likeness (QED) is 0.681. The highest BCUT2D eigenvalue weighted by atomic mass is 19.4. The number of anilines is 1. The van der Waals surface area contributed by atoms with Crippen LogP contribution in [0.2, 0.25) is 0 Å². The van der Waals surface area contributed by atoms with E-state index in [-0.39, 0.29) is 5.69 Å². The molecule has 2 rings (SSSR count). The average Bonchev–Trinajstić information content (AvgIpc) is 2.39. The highest BCUT2D eigenvalue weighted by Crippen LogP contribution is 2.38. The molecule has 2 N–H and O–H groups in total. The van der Waals surface area contributed by atoms with E-state index in [2.05, 4.69) is 4.74 Å². The van der Waals surface area contributed by atoms with Crippen molar-refractivity contribution in [1.82, 2.24) is 0 Å². The number of ether oxygens (including phenoxy) is 2. The topological polar surface area (TPSA) is 44.5 Å². The fraction of sp³-hybridized carbons (Fsp3) is 0.0769. The molecule has 21 heavy (non-hydrogen) atoms. The third-order valence-corrected chi connectivity index (χ3v) is 2.37. The van der Waals surface area contributed by atoms with Gasteiger partial charge in [-0.25, -0.2) is 4.39 Å². The molecule has 8 heteroatoms. The summed E-state index contributed by atoms with van der Waals surface area (Å²) in [5, 5.41) is 0. The van der Waals surface area contributed by atoms with Crippen molar-refractivity contribution in [3.8, 4) is 17.2 Å². The van der Waals surface area contributed by atoms with Gasteiger partial charge in [-0.3, -0.25) is 0 Å². The lowest BCUT2D eigenvalue weighted by Gasteiger charge is -2.15. The minimum atomic E-state index is -4.95. The molecule has 0 heterocycles. The highest BCUT2D eigenvalue weighted by molar-refractivity contribution is 5.56. The molecule has 0 aliphatic carbocycles. The predicted octanol–water partition coefficient (Wildman–Crippen LogP) is 4.24. The second kappa shape index (κ2) is 5.47. The van der Waals surface area contributed by atoms with Crippen LogP contribution in [0.5, 0.6) is 17.2 Å². The maximum absolute atomic E-state index is 13.6. The van der Waals surface area contributed by atoms with Crippen molar-refractivity contribution in [3.05, 3.63) is 48.0 Å². The van der Waals surface area contributed by atoms with Crippen molar-refractivity contribution in [2.45, 2.75) is 6.36 Å². The fourth-order valence-electron chi connectivity index (χ4n) is 1.50. The average molecular weight is 305 g/mol. The van der Waals surface area contributed by atoms with E-state index >= 15 is 0 Å². The number of nitrogens with two attached hydrogens (primary N) is 1. The number of benzene rings is 2. The molecule has 3 nitrogen and oxygen atoms in total. The summed E-state index contributed by atoms with van der Waals surface area (Å²) in [4.78, 5) is 0. The van der Waals surface area contributed by atoms with Crippen molar-refractivity contribution in [1.29, 1.82) is 0 Å². The molecule has 0 aliphatic rings. The largest absolute Gasteiger partial charge is 0.573 e. The van der Waals surface area contributed by atoms with E-state index in [0.717, 1.165) is 24.3 Å². The summed E-state index contributed by atoms with van der Waals surface area (Å²) in [5.74, 6) is -4.52. The molecule has 0 fully saturated rings. The molecule has 112 valence electrons. The van der Waals surface area contributed by atoms with Crippen molar-refractivity contribution in [2.75, 3.05) is 5.73 Å². The van der Waals surface area contributed by atoms with Crippen LogP contribution in [0, 0.1) is 11.6 Å². The molecule has 0 saturated carbocycles. The molecule has 0 aliphatic heterocycles. The molecule has 0 radical (unpaired) electrons. The van der Waals surface area contributed by atoms with E-state index in [1.165, 1.54) is 12.1 Å². The van der Waals surface area contributed by atoms with Gasteiger partial charge in [0.1, 0.15) is 0 Å². The molecule has 2 aromatic rings. The molecule has 0 spiro atoms. The first kappa shape index (κ1) is 14.9. The van der Waals surface area contributed by atoms with E-state index in [0.29, 0.717) is 0 Å². The monoisotopic (exact) mass is 305 g/mol. The van der Waals surface area contributed by atoms with Crippen LogP contribution in [0.3, 0.4) is 0 Å². The van der Waals surface area contributed by atoms with Gasteiger partial charge in [0, 0.05) is 0 Å².